The van der Waals surface area contributed by atoms with Crippen LogP contribution in [-0.2, 0) is 6.54 Å². The zero-order valence-electron chi connectivity index (χ0n) is 11.3. The largest absolute Gasteiger partial charge is 0.393 e. The Morgan fingerprint density at radius 2 is 2.24 bits per heavy atom. The number of hydrazine groups is 1. The van der Waals surface area contributed by atoms with Gasteiger partial charge in [-0.1, -0.05) is 5.21 Å². The molecule has 21 heavy (non-hydrogen) atoms. The van der Waals surface area contributed by atoms with Crippen LogP contribution in [0.1, 0.15) is 23.3 Å². The Labute approximate surface area is 119 Å². The van der Waals surface area contributed by atoms with Gasteiger partial charge in [0.15, 0.2) is 5.69 Å². The summed E-state index contributed by atoms with van der Waals surface area (Å²) >= 11 is 0. The molecular weight excluding hydrogens is 289 g/mol. The maximum Gasteiger partial charge on any atom is 0.393 e. The normalized spacial score (nSPS) is 20.5. The molecule has 0 bridgehead atoms. The molecule has 1 aromatic heterocycles. The number of piperidine rings is 1. The number of amides is 1. The fourth-order valence-electron chi connectivity index (χ4n) is 2.36. The summed E-state index contributed by atoms with van der Waals surface area (Å²) in [7, 11) is 0. The van der Waals surface area contributed by atoms with Gasteiger partial charge in [-0.25, -0.2) is 5.84 Å². The lowest BCUT2D eigenvalue weighted by molar-refractivity contribution is -0.186. The summed E-state index contributed by atoms with van der Waals surface area (Å²) < 4.78 is 39.5. The first kappa shape index (κ1) is 15.7. The Balaban J connectivity index is 1.85. The molecule has 1 unspecified atom stereocenters. The van der Waals surface area contributed by atoms with Crippen LogP contribution < -0.4 is 11.3 Å². The van der Waals surface area contributed by atoms with E-state index in [0.29, 0.717) is 26.1 Å². The molecule has 1 fully saturated rings. The minimum atomic E-state index is -4.14. The lowest BCUT2D eigenvalue weighted by atomic mass is 9.97. The molecule has 0 aliphatic carbocycles. The van der Waals surface area contributed by atoms with Crippen LogP contribution >= 0.6 is 0 Å². The van der Waals surface area contributed by atoms with Crippen LogP contribution in [0.25, 0.3) is 0 Å². The van der Waals surface area contributed by atoms with E-state index < -0.39 is 18.0 Å². The number of halogens is 3. The lowest BCUT2D eigenvalue weighted by Crippen LogP contribution is -2.42. The molecule has 10 heteroatoms. The third kappa shape index (κ3) is 4.14. The summed E-state index contributed by atoms with van der Waals surface area (Å²) in [5.41, 5.74) is 2.01. The van der Waals surface area contributed by atoms with E-state index in [4.69, 9.17) is 5.84 Å². The molecule has 118 valence electrons. The van der Waals surface area contributed by atoms with Crippen LogP contribution in [-0.4, -0.2) is 51.6 Å². The number of aromatic nitrogens is 3. The number of likely N-dealkylation sites (tertiary alicyclic amines) is 1. The zero-order valence-corrected chi connectivity index (χ0v) is 11.3. The quantitative estimate of drug-likeness (QED) is 0.470. The Bertz CT molecular complexity index is 489. The first-order chi connectivity index (χ1) is 9.90. The van der Waals surface area contributed by atoms with Gasteiger partial charge in [0, 0.05) is 13.1 Å². The fraction of sp³-hybridized carbons (Fsp3) is 0.727. The van der Waals surface area contributed by atoms with E-state index in [1.165, 1.54) is 10.9 Å². The number of nitrogen functional groups attached to an aromatic ring is 1. The van der Waals surface area contributed by atoms with Gasteiger partial charge in [-0.3, -0.25) is 14.9 Å². The second-order valence-corrected chi connectivity index (χ2v) is 5.02. The molecule has 2 heterocycles. The molecule has 3 N–H and O–H groups in total. The number of carbonyl (C=O) groups is 1. The number of hydrogen-bond acceptors (Lipinski definition) is 5. The number of carbonyl (C=O) groups excluding carboxylic acids is 1. The highest BCUT2D eigenvalue weighted by atomic mass is 19.4. The smallest absolute Gasteiger partial charge is 0.301 e. The van der Waals surface area contributed by atoms with Crippen molar-refractivity contribution in [1.82, 2.24) is 25.3 Å². The average Bonchev–Trinajstić information content (AvgIpc) is 2.92. The van der Waals surface area contributed by atoms with Crippen molar-refractivity contribution in [3.05, 3.63) is 11.9 Å². The van der Waals surface area contributed by atoms with Gasteiger partial charge in [-0.05, 0) is 19.4 Å². The van der Waals surface area contributed by atoms with Crippen LogP contribution in [0.5, 0.6) is 0 Å². The minimum absolute atomic E-state index is 0.00827. The molecule has 7 nitrogen and oxygen atoms in total. The van der Waals surface area contributed by atoms with E-state index in [2.05, 4.69) is 10.3 Å². The molecule has 1 amide bonds. The lowest BCUT2D eigenvalue weighted by Gasteiger charge is -2.33. The third-order valence-electron chi connectivity index (χ3n) is 3.52. The van der Waals surface area contributed by atoms with Gasteiger partial charge in [0.25, 0.3) is 5.91 Å². The van der Waals surface area contributed by atoms with Crippen molar-refractivity contribution in [2.24, 2.45) is 11.8 Å². The molecule has 0 aromatic carbocycles. The van der Waals surface area contributed by atoms with Crippen molar-refractivity contribution in [3.63, 3.8) is 0 Å². The fourth-order valence-corrected chi connectivity index (χ4v) is 2.36. The highest BCUT2D eigenvalue weighted by Gasteiger charge is 2.41. The van der Waals surface area contributed by atoms with Crippen LogP contribution in [0.2, 0.25) is 0 Å². The van der Waals surface area contributed by atoms with Crippen LogP contribution in [0.4, 0.5) is 13.2 Å². The molecule has 1 aliphatic heterocycles. The maximum atomic E-state index is 12.7. The standard InChI is InChI=1S/C11H17F3N6O/c12-11(13,14)8-2-1-3-19(6-8)4-5-20-7-9(17-18-20)10(21)16-15/h7-8H,1-6,15H2,(H,16,21). The molecule has 1 atom stereocenters. The Kier molecular flexibility index (Phi) is 4.78. The van der Waals surface area contributed by atoms with E-state index in [1.54, 1.807) is 4.90 Å². The second-order valence-electron chi connectivity index (χ2n) is 5.02. The summed E-state index contributed by atoms with van der Waals surface area (Å²) in [6.45, 7) is 1.45. The number of nitrogens with one attached hydrogen (secondary N) is 1. The molecule has 1 aromatic rings. The second kappa shape index (κ2) is 6.39. The summed E-state index contributed by atoms with van der Waals surface area (Å²) in [6.07, 6.45) is -2.02. The van der Waals surface area contributed by atoms with Crippen LogP contribution in [0, 0.1) is 5.92 Å². The summed E-state index contributed by atoms with van der Waals surface area (Å²) in [5.74, 6) is 3.15. The van der Waals surface area contributed by atoms with Gasteiger partial charge in [-0.2, -0.15) is 13.2 Å². The maximum absolute atomic E-state index is 12.7. The molecule has 0 saturated carbocycles. The number of alkyl halides is 3. The minimum Gasteiger partial charge on any atom is -0.301 e. The molecular formula is C11H17F3N6O. The zero-order chi connectivity index (χ0) is 15.5. The molecule has 0 radical (unpaired) electrons. The molecule has 1 saturated heterocycles. The van der Waals surface area contributed by atoms with E-state index >= 15 is 0 Å². The van der Waals surface area contributed by atoms with Crippen LogP contribution in [0.15, 0.2) is 6.20 Å². The molecule has 2 rings (SSSR count). The highest BCUT2D eigenvalue weighted by Crippen LogP contribution is 2.32. The van der Waals surface area contributed by atoms with Crippen molar-refractivity contribution in [2.45, 2.75) is 25.6 Å². The first-order valence-electron chi connectivity index (χ1n) is 6.60. The molecule has 0 spiro atoms. The number of nitrogens with zero attached hydrogens (tertiary/aromatic N) is 4. The first-order valence-corrected chi connectivity index (χ1v) is 6.60. The molecule has 1 aliphatic rings. The number of nitrogens with two attached hydrogens (primary N) is 1. The average molecular weight is 306 g/mol. The monoisotopic (exact) mass is 306 g/mol. The van der Waals surface area contributed by atoms with E-state index in [-0.39, 0.29) is 18.7 Å². The van der Waals surface area contributed by atoms with Crippen molar-refractivity contribution in [1.29, 1.82) is 0 Å². The number of hydrogen-bond donors (Lipinski definition) is 2. The Morgan fingerprint density at radius 1 is 1.48 bits per heavy atom. The highest BCUT2D eigenvalue weighted by molar-refractivity contribution is 5.91. The van der Waals surface area contributed by atoms with Gasteiger partial charge < -0.3 is 4.90 Å². The summed E-state index contributed by atoms with van der Waals surface area (Å²) in [5, 5.41) is 7.37. The van der Waals surface area contributed by atoms with Gasteiger partial charge in [-0.15, -0.1) is 5.10 Å². The summed E-state index contributed by atoms with van der Waals surface area (Å²) in [6, 6.07) is 0. The topological polar surface area (TPSA) is 89.1 Å². The summed E-state index contributed by atoms with van der Waals surface area (Å²) in [4.78, 5) is 13.0. The van der Waals surface area contributed by atoms with Gasteiger partial charge in [0.05, 0.1) is 18.7 Å². The predicted molar refractivity (Wildman–Crippen MR) is 66.9 cm³/mol. The predicted octanol–water partition coefficient (Wildman–Crippen LogP) is 0.156. The van der Waals surface area contributed by atoms with Crippen molar-refractivity contribution in [2.75, 3.05) is 19.6 Å². The third-order valence-corrected chi connectivity index (χ3v) is 3.52. The van der Waals surface area contributed by atoms with Crippen molar-refractivity contribution >= 4 is 5.91 Å². The van der Waals surface area contributed by atoms with Crippen LogP contribution in [0.3, 0.4) is 0 Å². The Hall–Kier alpha value is -1.68. The number of rotatable bonds is 4. The van der Waals surface area contributed by atoms with E-state index in [1.807, 2.05) is 5.43 Å². The van der Waals surface area contributed by atoms with Crippen molar-refractivity contribution in [3.8, 4) is 0 Å². The van der Waals surface area contributed by atoms with Crippen molar-refractivity contribution < 1.29 is 18.0 Å². The van der Waals surface area contributed by atoms with Gasteiger partial charge in [0.2, 0.25) is 0 Å². The van der Waals surface area contributed by atoms with Gasteiger partial charge in [0.1, 0.15) is 0 Å². The van der Waals surface area contributed by atoms with E-state index in [0.717, 1.165) is 0 Å². The van der Waals surface area contributed by atoms with Gasteiger partial charge >= 0.3 is 6.18 Å². The SMILES string of the molecule is NNC(=O)c1cn(CCN2CCCC(C(F)(F)F)C2)nn1. The van der Waals surface area contributed by atoms with E-state index in [9.17, 15) is 18.0 Å². The Morgan fingerprint density at radius 3 is 2.90 bits per heavy atom.